The second-order valence-electron chi connectivity index (χ2n) is 5.57. The monoisotopic (exact) mass is 310 g/mol. The summed E-state index contributed by atoms with van der Waals surface area (Å²) in [5, 5.41) is 9.06. The van der Waals surface area contributed by atoms with Crippen molar-refractivity contribution in [2.75, 3.05) is 19.3 Å². The third kappa shape index (κ3) is 4.56. The highest BCUT2D eigenvalue weighted by atomic mass is 32.2. The van der Waals surface area contributed by atoms with Crippen LogP contribution in [-0.2, 0) is 23.1 Å². The number of piperidine rings is 1. The molecule has 0 atom stereocenters. The van der Waals surface area contributed by atoms with Crippen LogP contribution < -0.4 is 4.72 Å². The molecule has 1 saturated heterocycles. The molecule has 0 spiro atoms. The van der Waals surface area contributed by atoms with Crippen molar-refractivity contribution in [2.45, 2.75) is 38.9 Å². The fourth-order valence-electron chi connectivity index (χ4n) is 2.78. The first-order valence-electron chi connectivity index (χ1n) is 7.20. The predicted molar refractivity (Wildman–Crippen MR) is 81.1 cm³/mol. The van der Waals surface area contributed by atoms with Gasteiger partial charge in [0.2, 0.25) is 10.0 Å². The van der Waals surface area contributed by atoms with E-state index in [1.807, 2.05) is 23.8 Å². The standard InChI is InChI=1S/C14H22N4O2S/c1-3-18-11-12(8-14(18)9-15)10-17-6-4-13(5-7-17)16-21(2,19)20/h8,11,13,16H,3-7,10H2,1-2H3. The minimum Gasteiger partial charge on any atom is -0.339 e. The quantitative estimate of drug-likeness (QED) is 0.876. The topological polar surface area (TPSA) is 78.1 Å². The number of nitrogens with one attached hydrogen (secondary N) is 1. The van der Waals surface area contributed by atoms with Crippen LogP contribution in [0.4, 0.5) is 0 Å². The van der Waals surface area contributed by atoms with Gasteiger partial charge in [-0.1, -0.05) is 0 Å². The van der Waals surface area contributed by atoms with Gasteiger partial charge >= 0.3 is 0 Å². The molecule has 1 aliphatic rings. The van der Waals surface area contributed by atoms with Gasteiger partial charge in [-0.15, -0.1) is 0 Å². The van der Waals surface area contributed by atoms with E-state index in [1.54, 1.807) is 0 Å². The SMILES string of the molecule is CCn1cc(CN2CCC(NS(C)(=O)=O)CC2)cc1C#N. The molecule has 2 rings (SSSR count). The van der Waals surface area contributed by atoms with Crippen molar-refractivity contribution < 1.29 is 8.42 Å². The summed E-state index contributed by atoms with van der Waals surface area (Å²) in [7, 11) is -3.12. The molecule has 1 aromatic heterocycles. The smallest absolute Gasteiger partial charge is 0.208 e. The molecule has 0 aliphatic carbocycles. The second kappa shape index (κ2) is 6.60. The van der Waals surface area contributed by atoms with Crippen LogP contribution in [0.2, 0.25) is 0 Å². The van der Waals surface area contributed by atoms with Crippen LogP contribution in [-0.4, -0.2) is 43.3 Å². The first-order valence-corrected chi connectivity index (χ1v) is 9.09. The highest BCUT2D eigenvalue weighted by Gasteiger charge is 2.21. The minimum absolute atomic E-state index is 0.0474. The van der Waals surface area contributed by atoms with E-state index in [2.05, 4.69) is 15.7 Å². The van der Waals surface area contributed by atoms with Crippen LogP contribution in [0.25, 0.3) is 0 Å². The fraction of sp³-hybridized carbons (Fsp3) is 0.643. The first-order chi connectivity index (χ1) is 9.91. The summed E-state index contributed by atoms with van der Waals surface area (Å²) in [6, 6.07) is 4.19. The van der Waals surface area contributed by atoms with Gasteiger partial charge in [0.25, 0.3) is 0 Å². The van der Waals surface area contributed by atoms with E-state index in [0.717, 1.165) is 44.6 Å². The molecule has 116 valence electrons. The molecule has 1 N–H and O–H groups in total. The average Bonchev–Trinajstić information content (AvgIpc) is 2.81. The molecule has 0 aromatic carbocycles. The number of hydrogen-bond acceptors (Lipinski definition) is 4. The zero-order valence-corrected chi connectivity index (χ0v) is 13.4. The van der Waals surface area contributed by atoms with Crippen LogP contribution in [0.3, 0.4) is 0 Å². The van der Waals surface area contributed by atoms with Crippen molar-refractivity contribution >= 4 is 10.0 Å². The van der Waals surface area contributed by atoms with Gasteiger partial charge in [0, 0.05) is 38.4 Å². The maximum absolute atomic E-state index is 11.2. The molecule has 0 radical (unpaired) electrons. The van der Waals surface area contributed by atoms with Crippen LogP contribution in [0.5, 0.6) is 0 Å². The fourth-order valence-corrected chi connectivity index (χ4v) is 3.62. The Labute approximate surface area is 126 Å². The molecule has 6 nitrogen and oxygen atoms in total. The number of nitriles is 1. The number of sulfonamides is 1. The molecule has 1 aromatic rings. The molecule has 7 heteroatoms. The van der Waals surface area contributed by atoms with Crippen molar-refractivity contribution in [2.24, 2.45) is 0 Å². The van der Waals surface area contributed by atoms with Gasteiger partial charge in [0.1, 0.15) is 11.8 Å². The second-order valence-corrected chi connectivity index (χ2v) is 7.35. The highest BCUT2D eigenvalue weighted by molar-refractivity contribution is 7.88. The van der Waals surface area contributed by atoms with E-state index in [1.165, 1.54) is 6.26 Å². The van der Waals surface area contributed by atoms with E-state index in [-0.39, 0.29) is 6.04 Å². The highest BCUT2D eigenvalue weighted by Crippen LogP contribution is 2.16. The molecule has 1 fully saturated rings. The number of nitrogens with zero attached hydrogens (tertiary/aromatic N) is 3. The predicted octanol–water partition coefficient (Wildman–Crippen LogP) is 0.893. The van der Waals surface area contributed by atoms with Gasteiger partial charge in [-0.3, -0.25) is 4.90 Å². The lowest BCUT2D eigenvalue weighted by Crippen LogP contribution is -2.43. The third-order valence-corrected chi connectivity index (χ3v) is 4.54. The van der Waals surface area contributed by atoms with Gasteiger partial charge in [0.05, 0.1) is 6.26 Å². The van der Waals surface area contributed by atoms with Crippen LogP contribution >= 0.6 is 0 Å². The van der Waals surface area contributed by atoms with Crippen molar-refractivity contribution in [3.8, 4) is 6.07 Å². The Balaban J connectivity index is 1.89. The van der Waals surface area contributed by atoms with Crippen molar-refractivity contribution in [1.82, 2.24) is 14.2 Å². The number of hydrogen-bond donors (Lipinski definition) is 1. The molecule has 0 saturated carbocycles. The van der Waals surface area contributed by atoms with E-state index >= 15 is 0 Å². The zero-order valence-electron chi connectivity index (χ0n) is 12.5. The Kier molecular flexibility index (Phi) is 5.04. The van der Waals surface area contributed by atoms with Crippen LogP contribution in [0.1, 0.15) is 31.0 Å². The summed E-state index contributed by atoms with van der Waals surface area (Å²) < 4.78 is 27.1. The molecule has 2 heterocycles. The molecular formula is C14H22N4O2S. The third-order valence-electron chi connectivity index (χ3n) is 3.78. The Hall–Kier alpha value is -1.36. The first kappa shape index (κ1) is 16.0. The summed E-state index contributed by atoms with van der Waals surface area (Å²) in [4.78, 5) is 2.30. The van der Waals surface area contributed by atoms with E-state index in [9.17, 15) is 8.42 Å². The molecule has 0 bridgehead atoms. The maximum atomic E-state index is 11.2. The van der Waals surface area contributed by atoms with E-state index in [0.29, 0.717) is 5.69 Å². The molecular weight excluding hydrogens is 288 g/mol. The Morgan fingerprint density at radius 2 is 2.10 bits per heavy atom. The van der Waals surface area contributed by atoms with Gasteiger partial charge in [0.15, 0.2) is 0 Å². The molecule has 1 aliphatic heterocycles. The number of likely N-dealkylation sites (tertiary alicyclic amines) is 1. The van der Waals surface area contributed by atoms with Gasteiger partial charge < -0.3 is 4.57 Å². The van der Waals surface area contributed by atoms with Crippen molar-refractivity contribution in [1.29, 1.82) is 5.26 Å². The van der Waals surface area contributed by atoms with Gasteiger partial charge in [-0.25, -0.2) is 13.1 Å². The summed E-state index contributed by atoms with van der Waals surface area (Å²) in [5.74, 6) is 0. The largest absolute Gasteiger partial charge is 0.339 e. The average molecular weight is 310 g/mol. The molecule has 0 amide bonds. The minimum atomic E-state index is -3.12. The van der Waals surface area contributed by atoms with Gasteiger partial charge in [-0.2, -0.15) is 5.26 Å². The van der Waals surface area contributed by atoms with Crippen LogP contribution in [0.15, 0.2) is 12.3 Å². The summed E-state index contributed by atoms with van der Waals surface area (Å²) in [6.07, 6.45) is 4.88. The van der Waals surface area contributed by atoms with Crippen molar-refractivity contribution in [3.63, 3.8) is 0 Å². The number of rotatable bonds is 5. The van der Waals surface area contributed by atoms with E-state index < -0.39 is 10.0 Å². The lowest BCUT2D eigenvalue weighted by molar-refractivity contribution is 0.200. The summed E-state index contributed by atoms with van der Waals surface area (Å²) in [6.45, 7) is 5.36. The zero-order chi connectivity index (χ0) is 15.5. The number of aryl methyl sites for hydroxylation is 1. The normalized spacial score (nSPS) is 17.8. The number of aromatic nitrogens is 1. The summed E-state index contributed by atoms with van der Waals surface area (Å²) >= 11 is 0. The van der Waals surface area contributed by atoms with Gasteiger partial charge in [-0.05, 0) is 31.4 Å². The van der Waals surface area contributed by atoms with Crippen LogP contribution in [0, 0.1) is 11.3 Å². The Bertz CT molecular complexity index is 622. The Morgan fingerprint density at radius 1 is 1.43 bits per heavy atom. The molecule has 0 unspecified atom stereocenters. The lowest BCUT2D eigenvalue weighted by atomic mass is 10.1. The maximum Gasteiger partial charge on any atom is 0.208 e. The van der Waals surface area contributed by atoms with E-state index in [4.69, 9.17) is 5.26 Å². The Morgan fingerprint density at radius 3 is 2.57 bits per heavy atom. The molecule has 21 heavy (non-hydrogen) atoms. The lowest BCUT2D eigenvalue weighted by Gasteiger charge is -2.31. The van der Waals surface area contributed by atoms with Crippen molar-refractivity contribution in [3.05, 3.63) is 23.5 Å². The summed E-state index contributed by atoms with van der Waals surface area (Å²) in [5.41, 5.74) is 1.84.